The predicted octanol–water partition coefficient (Wildman–Crippen LogP) is 1.92. The molecule has 1 aromatic rings. The summed E-state index contributed by atoms with van der Waals surface area (Å²) in [5.74, 6) is -0.247. The van der Waals surface area contributed by atoms with Gasteiger partial charge < -0.3 is 10.8 Å². The van der Waals surface area contributed by atoms with Crippen LogP contribution in [0.15, 0.2) is 24.3 Å². The Kier molecular flexibility index (Phi) is 5.72. The zero-order valence-electron chi connectivity index (χ0n) is 11.3. The third-order valence-electron chi connectivity index (χ3n) is 3.10. The Hall–Kier alpha value is -0.970. The number of halogens is 1. The van der Waals surface area contributed by atoms with Crippen molar-refractivity contribution in [3.8, 4) is 0 Å². The molecule has 0 bridgehead atoms. The van der Waals surface area contributed by atoms with E-state index in [1.165, 1.54) is 6.07 Å². The van der Waals surface area contributed by atoms with Crippen LogP contribution in [0, 0.1) is 5.82 Å². The van der Waals surface area contributed by atoms with E-state index >= 15 is 0 Å². The van der Waals surface area contributed by atoms with E-state index in [1.807, 2.05) is 31.7 Å². The molecule has 4 heteroatoms. The number of rotatable bonds is 6. The van der Waals surface area contributed by atoms with Gasteiger partial charge in [-0.3, -0.25) is 4.90 Å². The van der Waals surface area contributed by atoms with Crippen molar-refractivity contribution in [3.63, 3.8) is 0 Å². The van der Waals surface area contributed by atoms with E-state index in [-0.39, 0.29) is 30.5 Å². The van der Waals surface area contributed by atoms with Crippen LogP contribution in [-0.4, -0.2) is 35.2 Å². The summed E-state index contributed by atoms with van der Waals surface area (Å²) in [4.78, 5) is 2.03. The van der Waals surface area contributed by atoms with Gasteiger partial charge in [-0.15, -0.1) is 0 Å². The van der Waals surface area contributed by atoms with Gasteiger partial charge in [0.15, 0.2) is 0 Å². The number of nitrogens with two attached hydrogens (primary N) is 1. The molecule has 0 aliphatic heterocycles. The van der Waals surface area contributed by atoms with Crippen LogP contribution >= 0.6 is 0 Å². The minimum atomic E-state index is -0.247. The molecule has 2 unspecified atom stereocenters. The molecule has 1 aromatic carbocycles. The minimum Gasteiger partial charge on any atom is -0.395 e. The molecule has 18 heavy (non-hydrogen) atoms. The molecular formula is C14H23FN2O. The van der Waals surface area contributed by atoms with Crippen molar-refractivity contribution in [3.05, 3.63) is 35.6 Å². The smallest absolute Gasteiger partial charge is 0.128 e. The highest BCUT2D eigenvalue weighted by molar-refractivity contribution is 5.23. The number of hydrogen-bond acceptors (Lipinski definition) is 3. The molecule has 0 aliphatic carbocycles. The Bertz CT molecular complexity index is 369. The molecule has 0 saturated carbocycles. The second-order valence-corrected chi connectivity index (χ2v) is 4.88. The Balaban J connectivity index is 3.12. The van der Waals surface area contributed by atoms with E-state index in [1.54, 1.807) is 12.1 Å². The monoisotopic (exact) mass is 254 g/mol. The third-order valence-corrected chi connectivity index (χ3v) is 3.10. The molecule has 0 spiro atoms. The van der Waals surface area contributed by atoms with Gasteiger partial charge in [-0.25, -0.2) is 4.39 Å². The molecule has 0 aliphatic rings. The summed E-state index contributed by atoms with van der Waals surface area (Å²) in [5, 5.41) is 9.16. The van der Waals surface area contributed by atoms with Gasteiger partial charge in [-0.05, 0) is 26.8 Å². The highest BCUT2D eigenvalue weighted by atomic mass is 19.1. The normalized spacial score (nSPS) is 15.1. The summed E-state index contributed by atoms with van der Waals surface area (Å²) in [7, 11) is 0. The number of aliphatic hydroxyl groups excluding tert-OH is 1. The fourth-order valence-electron chi connectivity index (χ4n) is 2.31. The van der Waals surface area contributed by atoms with Gasteiger partial charge in [0.05, 0.1) is 12.6 Å². The zero-order chi connectivity index (χ0) is 13.7. The third kappa shape index (κ3) is 3.51. The first-order chi connectivity index (χ1) is 8.49. The van der Waals surface area contributed by atoms with E-state index in [4.69, 9.17) is 10.8 Å². The minimum absolute atomic E-state index is 0.0376. The lowest BCUT2D eigenvalue weighted by molar-refractivity contribution is 0.103. The summed E-state index contributed by atoms with van der Waals surface area (Å²) >= 11 is 0. The van der Waals surface area contributed by atoms with Gasteiger partial charge in [0, 0.05) is 24.2 Å². The van der Waals surface area contributed by atoms with Crippen molar-refractivity contribution in [2.45, 2.75) is 38.9 Å². The first-order valence-electron chi connectivity index (χ1n) is 6.35. The van der Waals surface area contributed by atoms with E-state index in [2.05, 4.69) is 0 Å². The van der Waals surface area contributed by atoms with E-state index in [0.717, 1.165) is 0 Å². The average Bonchev–Trinajstić information content (AvgIpc) is 2.30. The van der Waals surface area contributed by atoms with E-state index < -0.39 is 0 Å². The maximum atomic E-state index is 13.9. The SMILES string of the molecule is CC(N)C(c1ccccc1F)N(CCO)C(C)C. The molecule has 0 fully saturated rings. The van der Waals surface area contributed by atoms with Crippen LogP contribution in [-0.2, 0) is 0 Å². The number of benzene rings is 1. The Labute approximate surface area is 108 Å². The summed E-state index contributed by atoms with van der Waals surface area (Å²) in [6.07, 6.45) is 0. The molecule has 0 amide bonds. The summed E-state index contributed by atoms with van der Waals surface area (Å²) in [6, 6.07) is 6.44. The quantitative estimate of drug-likeness (QED) is 0.815. The molecule has 0 aromatic heterocycles. The molecule has 3 nitrogen and oxygen atoms in total. The highest BCUT2D eigenvalue weighted by Crippen LogP contribution is 2.27. The first kappa shape index (κ1) is 15.1. The van der Waals surface area contributed by atoms with Crippen molar-refractivity contribution >= 4 is 0 Å². The summed E-state index contributed by atoms with van der Waals surface area (Å²) in [5.41, 5.74) is 6.61. The largest absolute Gasteiger partial charge is 0.395 e. The van der Waals surface area contributed by atoms with Crippen LogP contribution in [0.2, 0.25) is 0 Å². The number of nitrogens with zero attached hydrogens (tertiary/aromatic N) is 1. The van der Waals surface area contributed by atoms with Crippen LogP contribution in [0.5, 0.6) is 0 Å². The lowest BCUT2D eigenvalue weighted by Gasteiger charge is -2.37. The van der Waals surface area contributed by atoms with Crippen molar-refractivity contribution in [2.24, 2.45) is 5.73 Å². The molecular weight excluding hydrogens is 231 g/mol. The summed E-state index contributed by atoms with van der Waals surface area (Å²) < 4.78 is 13.9. The zero-order valence-corrected chi connectivity index (χ0v) is 11.3. The molecule has 102 valence electrons. The van der Waals surface area contributed by atoms with Crippen LogP contribution in [0.3, 0.4) is 0 Å². The standard InChI is InChI=1S/C14H23FN2O/c1-10(2)17(8-9-18)14(11(3)16)12-6-4-5-7-13(12)15/h4-7,10-11,14,18H,8-9,16H2,1-3H3. The number of aliphatic hydroxyl groups is 1. The van der Waals surface area contributed by atoms with Gasteiger partial charge in [0.1, 0.15) is 5.82 Å². The summed E-state index contributed by atoms with van der Waals surface area (Å²) in [6.45, 7) is 6.43. The van der Waals surface area contributed by atoms with E-state index in [9.17, 15) is 4.39 Å². The van der Waals surface area contributed by atoms with Crippen LogP contribution in [0.4, 0.5) is 4.39 Å². The molecule has 0 radical (unpaired) electrons. The maximum Gasteiger partial charge on any atom is 0.128 e. The molecule has 0 heterocycles. The van der Waals surface area contributed by atoms with Gasteiger partial charge in [-0.1, -0.05) is 18.2 Å². The van der Waals surface area contributed by atoms with Crippen LogP contribution < -0.4 is 5.73 Å². The average molecular weight is 254 g/mol. The molecule has 3 N–H and O–H groups in total. The second-order valence-electron chi connectivity index (χ2n) is 4.88. The fourth-order valence-corrected chi connectivity index (χ4v) is 2.31. The van der Waals surface area contributed by atoms with Gasteiger partial charge in [-0.2, -0.15) is 0 Å². The highest BCUT2D eigenvalue weighted by Gasteiger charge is 2.27. The molecule has 0 saturated heterocycles. The topological polar surface area (TPSA) is 49.5 Å². The predicted molar refractivity (Wildman–Crippen MR) is 71.7 cm³/mol. The fraction of sp³-hybridized carbons (Fsp3) is 0.571. The van der Waals surface area contributed by atoms with Crippen molar-refractivity contribution < 1.29 is 9.50 Å². The lowest BCUT2D eigenvalue weighted by Crippen LogP contribution is -2.44. The van der Waals surface area contributed by atoms with Crippen molar-refractivity contribution in [1.82, 2.24) is 4.90 Å². The van der Waals surface area contributed by atoms with Crippen LogP contribution in [0.1, 0.15) is 32.4 Å². The Morgan fingerprint density at radius 3 is 2.33 bits per heavy atom. The van der Waals surface area contributed by atoms with Gasteiger partial charge >= 0.3 is 0 Å². The van der Waals surface area contributed by atoms with Crippen molar-refractivity contribution in [2.75, 3.05) is 13.2 Å². The molecule has 1 rings (SSSR count). The Morgan fingerprint density at radius 2 is 1.89 bits per heavy atom. The van der Waals surface area contributed by atoms with E-state index in [0.29, 0.717) is 12.1 Å². The second kappa shape index (κ2) is 6.83. The van der Waals surface area contributed by atoms with Gasteiger partial charge in [0.25, 0.3) is 0 Å². The van der Waals surface area contributed by atoms with Gasteiger partial charge in [0.2, 0.25) is 0 Å². The first-order valence-corrected chi connectivity index (χ1v) is 6.35. The molecule has 2 atom stereocenters. The lowest BCUT2D eigenvalue weighted by atomic mass is 9.97. The Morgan fingerprint density at radius 1 is 1.28 bits per heavy atom. The van der Waals surface area contributed by atoms with Crippen molar-refractivity contribution in [1.29, 1.82) is 0 Å². The number of hydrogen-bond donors (Lipinski definition) is 2. The maximum absolute atomic E-state index is 13.9. The van der Waals surface area contributed by atoms with Crippen LogP contribution in [0.25, 0.3) is 0 Å².